The SMILES string of the molecule is CC(C)[C@H](NC(=O)Nc1ccccc1)C(=O)OCC(=O)N(C)C1(C#N)CCCCC1. The Bertz CT molecular complexity index is 782. The van der Waals surface area contributed by atoms with E-state index >= 15 is 0 Å². The average Bonchev–Trinajstić information content (AvgIpc) is 2.76. The maximum absolute atomic E-state index is 12.6. The van der Waals surface area contributed by atoms with Crippen LogP contribution in [0.3, 0.4) is 0 Å². The Hall–Kier alpha value is -3.08. The predicted octanol–water partition coefficient (Wildman–Crippen LogP) is 3.06. The fourth-order valence-electron chi connectivity index (χ4n) is 3.54. The Labute approximate surface area is 177 Å². The number of hydrogen-bond acceptors (Lipinski definition) is 5. The molecule has 0 aromatic heterocycles. The maximum atomic E-state index is 12.6. The standard InChI is InChI=1S/C22H30N4O4/c1-16(2)19(25-21(29)24-17-10-6-4-7-11-17)20(28)30-14-18(27)26(3)22(15-23)12-8-5-9-13-22/h4,6-7,10-11,16,19H,5,8-9,12-14H2,1-3H3,(H2,24,25,29)/t19-/m0/s1. The van der Waals surface area contributed by atoms with Gasteiger partial charge in [0.2, 0.25) is 0 Å². The summed E-state index contributed by atoms with van der Waals surface area (Å²) in [6.45, 7) is 3.08. The first-order valence-corrected chi connectivity index (χ1v) is 10.3. The molecule has 3 amide bonds. The van der Waals surface area contributed by atoms with E-state index < -0.39 is 36.1 Å². The number of nitriles is 1. The summed E-state index contributed by atoms with van der Waals surface area (Å²) in [5.74, 6) is -1.36. The molecule has 1 saturated carbocycles. The van der Waals surface area contributed by atoms with Gasteiger partial charge in [-0.1, -0.05) is 51.3 Å². The van der Waals surface area contributed by atoms with Crippen molar-refractivity contribution in [1.82, 2.24) is 10.2 Å². The first-order chi connectivity index (χ1) is 14.3. The van der Waals surface area contributed by atoms with Crippen LogP contribution in [0.2, 0.25) is 0 Å². The summed E-state index contributed by atoms with van der Waals surface area (Å²) in [7, 11) is 1.58. The maximum Gasteiger partial charge on any atom is 0.329 e. The third kappa shape index (κ3) is 5.96. The van der Waals surface area contributed by atoms with Crippen LogP contribution in [-0.2, 0) is 14.3 Å². The molecular formula is C22H30N4O4. The number of amides is 3. The van der Waals surface area contributed by atoms with E-state index in [0.29, 0.717) is 18.5 Å². The number of nitrogens with zero attached hydrogens (tertiary/aromatic N) is 2. The number of carbonyl (C=O) groups is 3. The van der Waals surface area contributed by atoms with Crippen molar-refractivity contribution in [3.63, 3.8) is 0 Å². The van der Waals surface area contributed by atoms with Crippen LogP contribution in [0.4, 0.5) is 10.5 Å². The summed E-state index contributed by atoms with van der Waals surface area (Å²) in [5, 5.41) is 14.9. The van der Waals surface area contributed by atoms with Gasteiger partial charge in [0, 0.05) is 12.7 Å². The van der Waals surface area contributed by atoms with E-state index in [0.717, 1.165) is 19.3 Å². The van der Waals surface area contributed by atoms with Crippen molar-refractivity contribution in [2.45, 2.75) is 57.5 Å². The minimum absolute atomic E-state index is 0.240. The lowest BCUT2D eigenvalue weighted by Crippen LogP contribution is -2.52. The Balaban J connectivity index is 1.92. The van der Waals surface area contributed by atoms with E-state index in [-0.39, 0.29) is 5.92 Å². The molecule has 0 unspecified atom stereocenters. The van der Waals surface area contributed by atoms with Crippen molar-refractivity contribution in [2.75, 3.05) is 19.0 Å². The van der Waals surface area contributed by atoms with Crippen LogP contribution in [0.5, 0.6) is 0 Å². The molecule has 1 aliphatic carbocycles. The number of esters is 1. The van der Waals surface area contributed by atoms with Crippen molar-refractivity contribution in [2.24, 2.45) is 5.92 Å². The second kappa shape index (κ2) is 10.6. The highest BCUT2D eigenvalue weighted by Crippen LogP contribution is 2.32. The molecule has 8 heteroatoms. The van der Waals surface area contributed by atoms with Crippen molar-refractivity contribution < 1.29 is 19.1 Å². The quantitative estimate of drug-likeness (QED) is 0.666. The molecule has 1 atom stereocenters. The third-order valence-corrected chi connectivity index (χ3v) is 5.48. The molecule has 0 aliphatic heterocycles. The summed E-state index contributed by atoms with van der Waals surface area (Å²) in [6, 6.07) is 9.68. The van der Waals surface area contributed by atoms with E-state index in [1.54, 1.807) is 45.2 Å². The average molecular weight is 415 g/mol. The van der Waals surface area contributed by atoms with Crippen molar-refractivity contribution in [3.8, 4) is 6.07 Å². The van der Waals surface area contributed by atoms with Gasteiger partial charge in [-0.3, -0.25) is 4.79 Å². The molecule has 8 nitrogen and oxygen atoms in total. The van der Waals surface area contributed by atoms with E-state index in [4.69, 9.17) is 4.74 Å². The van der Waals surface area contributed by atoms with Gasteiger partial charge in [0.1, 0.15) is 11.6 Å². The van der Waals surface area contributed by atoms with Gasteiger partial charge < -0.3 is 20.3 Å². The van der Waals surface area contributed by atoms with Crippen LogP contribution in [-0.4, -0.2) is 48.0 Å². The summed E-state index contributed by atoms with van der Waals surface area (Å²) in [4.78, 5) is 38.7. The molecule has 1 aromatic carbocycles. The highest BCUT2D eigenvalue weighted by molar-refractivity contribution is 5.93. The summed E-state index contributed by atoms with van der Waals surface area (Å²) >= 11 is 0. The first kappa shape index (κ1) is 23.2. The monoisotopic (exact) mass is 414 g/mol. The fraction of sp³-hybridized carbons (Fsp3) is 0.545. The minimum atomic E-state index is -0.911. The molecule has 162 valence electrons. The van der Waals surface area contributed by atoms with Crippen molar-refractivity contribution >= 4 is 23.6 Å². The van der Waals surface area contributed by atoms with Crippen molar-refractivity contribution in [3.05, 3.63) is 30.3 Å². The molecule has 1 fully saturated rings. The number of para-hydroxylation sites is 1. The summed E-state index contributed by atoms with van der Waals surface area (Å²) in [5.41, 5.74) is -0.246. The smallest absolute Gasteiger partial charge is 0.329 e. The van der Waals surface area contributed by atoms with E-state index in [2.05, 4.69) is 16.7 Å². The molecule has 30 heavy (non-hydrogen) atoms. The molecule has 2 rings (SSSR count). The van der Waals surface area contributed by atoms with Gasteiger partial charge in [-0.25, -0.2) is 9.59 Å². The number of likely N-dealkylation sites (N-methyl/N-ethyl adjacent to an activating group) is 1. The van der Waals surface area contributed by atoms with Gasteiger partial charge in [0.05, 0.1) is 6.07 Å². The molecular weight excluding hydrogens is 384 g/mol. The Morgan fingerprint density at radius 3 is 2.37 bits per heavy atom. The van der Waals surface area contributed by atoms with Gasteiger partial charge in [0.15, 0.2) is 6.61 Å². The lowest BCUT2D eigenvalue weighted by Gasteiger charge is -2.38. The van der Waals surface area contributed by atoms with Crippen molar-refractivity contribution in [1.29, 1.82) is 5.26 Å². The molecule has 0 saturated heterocycles. The first-order valence-electron chi connectivity index (χ1n) is 10.3. The summed E-state index contributed by atoms with van der Waals surface area (Å²) < 4.78 is 5.20. The zero-order valence-corrected chi connectivity index (χ0v) is 17.8. The van der Waals surface area contributed by atoms with Gasteiger partial charge in [-0.15, -0.1) is 0 Å². The number of ether oxygens (including phenoxy) is 1. The summed E-state index contributed by atoms with van der Waals surface area (Å²) in [6.07, 6.45) is 4.07. The number of anilines is 1. The van der Waals surface area contributed by atoms with Crippen LogP contribution in [0.1, 0.15) is 46.0 Å². The van der Waals surface area contributed by atoms with Crippen LogP contribution in [0.25, 0.3) is 0 Å². The topological polar surface area (TPSA) is 112 Å². The zero-order valence-electron chi connectivity index (χ0n) is 17.8. The normalized spacial score (nSPS) is 16.1. The van der Waals surface area contributed by atoms with Gasteiger partial charge in [-0.05, 0) is 30.9 Å². The number of hydrogen-bond donors (Lipinski definition) is 2. The number of urea groups is 1. The zero-order chi connectivity index (χ0) is 22.1. The molecule has 0 bridgehead atoms. The molecule has 0 radical (unpaired) electrons. The Kier molecular flexibility index (Phi) is 8.22. The number of rotatable bonds is 7. The van der Waals surface area contributed by atoms with E-state index in [1.165, 1.54) is 4.90 Å². The van der Waals surface area contributed by atoms with Gasteiger partial charge in [0.25, 0.3) is 5.91 Å². The van der Waals surface area contributed by atoms with Crippen LogP contribution in [0.15, 0.2) is 30.3 Å². The van der Waals surface area contributed by atoms with Gasteiger partial charge >= 0.3 is 12.0 Å². The van der Waals surface area contributed by atoms with E-state index in [1.807, 2.05) is 6.07 Å². The molecule has 1 aromatic rings. The molecule has 0 heterocycles. The lowest BCUT2D eigenvalue weighted by atomic mass is 9.81. The molecule has 2 N–H and O–H groups in total. The second-order valence-corrected chi connectivity index (χ2v) is 7.95. The molecule has 1 aliphatic rings. The molecule has 0 spiro atoms. The minimum Gasteiger partial charge on any atom is -0.454 e. The largest absolute Gasteiger partial charge is 0.454 e. The Morgan fingerprint density at radius 1 is 1.17 bits per heavy atom. The third-order valence-electron chi connectivity index (χ3n) is 5.48. The number of benzene rings is 1. The second-order valence-electron chi connectivity index (χ2n) is 7.95. The predicted molar refractivity (Wildman–Crippen MR) is 112 cm³/mol. The number of nitrogens with one attached hydrogen (secondary N) is 2. The van der Waals surface area contributed by atoms with Crippen LogP contribution in [0, 0.1) is 17.2 Å². The van der Waals surface area contributed by atoms with E-state index in [9.17, 15) is 19.6 Å². The Morgan fingerprint density at radius 2 is 1.80 bits per heavy atom. The van der Waals surface area contributed by atoms with Crippen LogP contribution >= 0.6 is 0 Å². The fourth-order valence-corrected chi connectivity index (χ4v) is 3.54. The van der Waals surface area contributed by atoms with Gasteiger partial charge in [-0.2, -0.15) is 5.26 Å². The highest BCUT2D eigenvalue weighted by Gasteiger charge is 2.39. The number of carbonyl (C=O) groups excluding carboxylic acids is 3. The highest BCUT2D eigenvalue weighted by atomic mass is 16.5. The lowest BCUT2D eigenvalue weighted by molar-refractivity contribution is -0.155. The van der Waals surface area contributed by atoms with Crippen LogP contribution < -0.4 is 10.6 Å².